The Hall–Kier alpha value is -1.51. The lowest BCUT2D eigenvalue weighted by molar-refractivity contribution is 0.387. The summed E-state index contributed by atoms with van der Waals surface area (Å²) in [7, 11) is 1.96. The van der Waals surface area contributed by atoms with Crippen molar-refractivity contribution in [2.75, 3.05) is 6.54 Å². The third-order valence-electron chi connectivity index (χ3n) is 5.63. The lowest BCUT2D eigenvalue weighted by atomic mass is 9.95. The van der Waals surface area contributed by atoms with Crippen LogP contribution in [-0.4, -0.2) is 28.3 Å². The SMILES string of the molecule is Cn1nccc1CN=C(NCCc1ccco1)NC1CC2CCC1C2.I. The molecule has 2 saturated carbocycles. The molecule has 3 atom stereocenters. The van der Waals surface area contributed by atoms with Crippen LogP contribution in [0.1, 0.15) is 37.1 Å². The molecule has 2 N–H and O–H groups in total. The molecule has 142 valence electrons. The number of furan rings is 1. The average Bonchev–Trinajstić information content (AvgIpc) is 3.38. The summed E-state index contributed by atoms with van der Waals surface area (Å²) < 4.78 is 7.29. The number of guanidine groups is 1. The maximum absolute atomic E-state index is 5.41. The van der Waals surface area contributed by atoms with E-state index in [0.717, 1.165) is 42.2 Å². The van der Waals surface area contributed by atoms with Crippen molar-refractivity contribution in [3.63, 3.8) is 0 Å². The Balaban J connectivity index is 0.00000196. The number of hydrogen-bond acceptors (Lipinski definition) is 3. The second kappa shape index (κ2) is 8.92. The molecule has 2 aromatic rings. The summed E-state index contributed by atoms with van der Waals surface area (Å²) in [6.45, 7) is 1.44. The quantitative estimate of drug-likeness (QED) is 0.388. The van der Waals surface area contributed by atoms with Crippen molar-refractivity contribution in [2.24, 2.45) is 23.9 Å². The first-order valence-corrected chi connectivity index (χ1v) is 9.32. The Labute approximate surface area is 171 Å². The van der Waals surface area contributed by atoms with Crippen LogP contribution in [-0.2, 0) is 20.0 Å². The van der Waals surface area contributed by atoms with Crippen LogP contribution in [0.4, 0.5) is 0 Å². The first-order chi connectivity index (χ1) is 12.3. The largest absolute Gasteiger partial charge is 0.469 e. The van der Waals surface area contributed by atoms with E-state index in [0.29, 0.717) is 12.6 Å². The summed E-state index contributed by atoms with van der Waals surface area (Å²) in [6.07, 6.45) is 9.85. The maximum atomic E-state index is 5.41. The third-order valence-corrected chi connectivity index (χ3v) is 5.63. The molecule has 6 nitrogen and oxygen atoms in total. The lowest BCUT2D eigenvalue weighted by Gasteiger charge is -2.25. The first kappa shape index (κ1) is 19.3. The minimum atomic E-state index is 0. The molecule has 0 saturated heterocycles. The van der Waals surface area contributed by atoms with Gasteiger partial charge in [-0.1, -0.05) is 6.42 Å². The van der Waals surface area contributed by atoms with E-state index in [4.69, 9.17) is 9.41 Å². The second-order valence-electron chi connectivity index (χ2n) is 7.29. The predicted octanol–water partition coefficient (Wildman–Crippen LogP) is 3.10. The number of rotatable bonds is 6. The van der Waals surface area contributed by atoms with Crippen LogP contribution in [0.15, 0.2) is 40.1 Å². The molecule has 7 heteroatoms. The molecule has 0 spiro atoms. The van der Waals surface area contributed by atoms with Gasteiger partial charge in [-0.05, 0) is 49.3 Å². The van der Waals surface area contributed by atoms with E-state index in [1.807, 2.05) is 36.1 Å². The Bertz CT molecular complexity index is 711. The highest BCUT2D eigenvalue weighted by Gasteiger charge is 2.39. The fourth-order valence-corrected chi connectivity index (χ4v) is 4.23. The number of aromatic nitrogens is 2. The number of nitrogens with one attached hydrogen (secondary N) is 2. The number of hydrogen-bond donors (Lipinski definition) is 2. The summed E-state index contributed by atoms with van der Waals surface area (Å²) >= 11 is 0. The maximum Gasteiger partial charge on any atom is 0.191 e. The highest BCUT2D eigenvalue weighted by Crippen LogP contribution is 2.44. The van der Waals surface area contributed by atoms with Crippen LogP contribution < -0.4 is 10.6 Å². The van der Waals surface area contributed by atoms with Gasteiger partial charge in [0.05, 0.1) is 18.5 Å². The molecule has 3 unspecified atom stereocenters. The molecule has 4 rings (SSSR count). The van der Waals surface area contributed by atoms with Gasteiger partial charge in [0.25, 0.3) is 0 Å². The van der Waals surface area contributed by atoms with Gasteiger partial charge in [-0.3, -0.25) is 4.68 Å². The highest BCUT2D eigenvalue weighted by atomic mass is 127. The van der Waals surface area contributed by atoms with Gasteiger partial charge >= 0.3 is 0 Å². The smallest absolute Gasteiger partial charge is 0.191 e. The molecule has 2 bridgehead atoms. The molecule has 0 amide bonds. The number of aryl methyl sites for hydroxylation is 1. The van der Waals surface area contributed by atoms with Crippen molar-refractivity contribution in [3.05, 3.63) is 42.1 Å². The lowest BCUT2D eigenvalue weighted by Crippen LogP contribution is -2.46. The van der Waals surface area contributed by atoms with Gasteiger partial charge in [-0.2, -0.15) is 5.10 Å². The molecule has 26 heavy (non-hydrogen) atoms. The van der Waals surface area contributed by atoms with Crippen LogP contribution in [0.25, 0.3) is 0 Å². The van der Waals surface area contributed by atoms with Crippen LogP contribution in [0.2, 0.25) is 0 Å². The van der Waals surface area contributed by atoms with E-state index in [2.05, 4.69) is 15.7 Å². The first-order valence-electron chi connectivity index (χ1n) is 9.32. The van der Waals surface area contributed by atoms with Gasteiger partial charge in [0, 0.05) is 32.3 Å². The zero-order valence-electron chi connectivity index (χ0n) is 15.2. The molecule has 0 radical (unpaired) electrons. The fraction of sp³-hybridized carbons (Fsp3) is 0.579. The van der Waals surface area contributed by atoms with E-state index >= 15 is 0 Å². The third kappa shape index (κ3) is 4.61. The van der Waals surface area contributed by atoms with E-state index in [1.54, 1.807) is 6.26 Å². The minimum absolute atomic E-state index is 0. The molecule has 2 aliphatic rings. The summed E-state index contributed by atoms with van der Waals surface area (Å²) in [6, 6.07) is 6.53. The van der Waals surface area contributed by atoms with Crippen LogP contribution in [0, 0.1) is 11.8 Å². The number of halogens is 1. The highest BCUT2D eigenvalue weighted by molar-refractivity contribution is 14.0. The Morgan fingerprint density at radius 3 is 2.92 bits per heavy atom. The van der Waals surface area contributed by atoms with Crippen molar-refractivity contribution >= 4 is 29.9 Å². The Kier molecular flexibility index (Phi) is 6.61. The van der Waals surface area contributed by atoms with E-state index in [9.17, 15) is 0 Å². The van der Waals surface area contributed by atoms with Gasteiger partial charge in [0.1, 0.15) is 5.76 Å². The van der Waals surface area contributed by atoms with Crippen molar-refractivity contribution in [2.45, 2.75) is 44.7 Å². The summed E-state index contributed by atoms with van der Waals surface area (Å²) in [5.41, 5.74) is 1.11. The van der Waals surface area contributed by atoms with Crippen LogP contribution >= 0.6 is 24.0 Å². The zero-order valence-corrected chi connectivity index (χ0v) is 17.6. The summed E-state index contributed by atoms with van der Waals surface area (Å²) in [5.74, 6) is 3.64. The van der Waals surface area contributed by atoms with E-state index in [1.165, 1.54) is 25.7 Å². The number of nitrogens with zero attached hydrogens (tertiary/aromatic N) is 3. The molecule has 2 aromatic heterocycles. The summed E-state index contributed by atoms with van der Waals surface area (Å²) in [4.78, 5) is 4.80. The van der Waals surface area contributed by atoms with Crippen molar-refractivity contribution in [3.8, 4) is 0 Å². The van der Waals surface area contributed by atoms with Gasteiger partial charge in [-0.25, -0.2) is 4.99 Å². The molecular weight excluding hydrogens is 441 g/mol. The van der Waals surface area contributed by atoms with Gasteiger partial charge < -0.3 is 15.1 Å². The zero-order chi connectivity index (χ0) is 17.1. The standard InChI is InChI=1S/C19H27N5O.HI/c1-24-16(6-9-22-24)13-21-19(20-8-7-17-3-2-10-25-17)23-18-12-14-4-5-15(18)11-14;/h2-3,6,9-10,14-15,18H,4-5,7-8,11-13H2,1H3,(H2,20,21,23);1H. The van der Waals surface area contributed by atoms with Gasteiger partial charge in [0.15, 0.2) is 5.96 Å². The predicted molar refractivity (Wildman–Crippen MR) is 113 cm³/mol. The average molecular weight is 469 g/mol. The minimum Gasteiger partial charge on any atom is -0.469 e. The molecular formula is C19H28IN5O. The molecule has 0 aromatic carbocycles. The molecule has 2 fully saturated rings. The Morgan fingerprint density at radius 1 is 1.35 bits per heavy atom. The monoisotopic (exact) mass is 469 g/mol. The van der Waals surface area contributed by atoms with Crippen LogP contribution in [0.3, 0.4) is 0 Å². The normalized spacial score (nSPS) is 24.5. The fourth-order valence-electron chi connectivity index (χ4n) is 4.23. The Morgan fingerprint density at radius 2 is 2.27 bits per heavy atom. The number of aliphatic imine (C=N–C) groups is 1. The summed E-state index contributed by atoms with van der Waals surface area (Å²) in [5, 5.41) is 11.4. The van der Waals surface area contributed by atoms with Crippen molar-refractivity contribution in [1.82, 2.24) is 20.4 Å². The van der Waals surface area contributed by atoms with Gasteiger partial charge in [-0.15, -0.1) is 24.0 Å². The van der Waals surface area contributed by atoms with Crippen molar-refractivity contribution < 1.29 is 4.42 Å². The van der Waals surface area contributed by atoms with Crippen LogP contribution in [0.5, 0.6) is 0 Å². The van der Waals surface area contributed by atoms with E-state index in [-0.39, 0.29) is 24.0 Å². The second-order valence-corrected chi connectivity index (χ2v) is 7.29. The molecule has 2 aliphatic carbocycles. The topological polar surface area (TPSA) is 67.4 Å². The van der Waals surface area contributed by atoms with Gasteiger partial charge in [0.2, 0.25) is 0 Å². The molecule has 2 heterocycles. The molecule has 0 aliphatic heterocycles. The van der Waals surface area contributed by atoms with Crippen molar-refractivity contribution in [1.29, 1.82) is 0 Å². The number of fused-ring (bicyclic) bond motifs is 2. The van der Waals surface area contributed by atoms with E-state index < -0.39 is 0 Å².